The number of ether oxygens (including phenoxy) is 1. The maximum Gasteiger partial charge on any atom is 0.224 e. The van der Waals surface area contributed by atoms with Crippen LogP contribution in [0.15, 0.2) is 18.2 Å². The third kappa shape index (κ3) is 3.72. The number of nitrogens with one attached hydrogen (secondary N) is 1. The Balaban J connectivity index is 1.29. The van der Waals surface area contributed by atoms with E-state index in [4.69, 9.17) is 27.9 Å². The van der Waals surface area contributed by atoms with Crippen molar-refractivity contribution >= 4 is 29.1 Å². The highest BCUT2D eigenvalue weighted by Crippen LogP contribution is 2.37. The van der Waals surface area contributed by atoms with E-state index in [0.717, 1.165) is 37.6 Å². The van der Waals surface area contributed by atoms with Gasteiger partial charge < -0.3 is 10.1 Å². The van der Waals surface area contributed by atoms with E-state index < -0.39 is 0 Å². The van der Waals surface area contributed by atoms with Crippen molar-refractivity contribution in [2.24, 2.45) is 5.92 Å². The first kappa shape index (κ1) is 16.6. The molecule has 2 saturated heterocycles. The summed E-state index contributed by atoms with van der Waals surface area (Å²) in [6.45, 7) is 2.76. The molecule has 0 aromatic heterocycles. The van der Waals surface area contributed by atoms with Crippen LogP contribution in [-0.2, 0) is 16.0 Å². The number of fused-ring (bicyclic) bond motifs is 1. The summed E-state index contributed by atoms with van der Waals surface area (Å²) >= 11 is 11.9. The van der Waals surface area contributed by atoms with Crippen molar-refractivity contribution in [1.29, 1.82) is 0 Å². The second-order valence-corrected chi connectivity index (χ2v) is 8.06. The Morgan fingerprint density at radius 3 is 2.83 bits per heavy atom. The van der Waals surface area contributed by atoms with Crippen molar-refractivity contribution in [3.05, 3.63) is 33.8 Å². The Bertz CT molecular complexity index is 635. The third-order valence-corrected chi connectivity index (χ3v) is 6.05. The average molecular weight is 369 g/mol. The lowest BCUT2D eigenvalue weighted by Crippen LogP contribution is -2.47. The number of morpholine rings is 1. The monoisotopic (exact) mass is 368 g/mol. The molecule has 1 aromatic carbocycles. The molecule has 3 fully saturated rings. The molecule has 3 atom stereocenters. The van der Waals surface area contributed by atoms with E-state index in [0.29, 0.717) is 28.6 Å². The topological polar surface area (TPSA) is 41.6 Å². The molecule has 3 aliphatic rings. The number of hydrogen-bond acceptors (Lipinski definition) is 3. The second kappa shape index (κ2) is 6.83. The van der Waals surface area contributed by atoms with Gasteiger partial charge in [0.15, 0.2) is 0 Å². The minimum absolute atomic E-state index is 0.0397. The Morgan fingerprint density at radius 1 is 1.25 bits per heavy atom. The molecule has 1 N–H and O–H groups in total. The molecular formula is C18H22Cl2N2O2. The zero-order chi connectivity index (χ0) is 16.7. The summed E-state index contributed by atoms with van der Waals surface area (Å²) in [7, 11) is 0. The molecule has 0 unspecified atom stereocenters. The minimum atomic E-state index is 0.0397. The smallest absolute Gasteiger partial charge is 0.224 e. The summed E-state index contributed by atoms with van der Waals surface area (Å²) < 4.78 is 6.01. The highest BCUT2D eigenvalue weighted by Gasteiger charge is 2.42. The number of nitrogens with zero attached hydrogens (tertiary/aromatic N) is 1. The molecule has 0 bridgehead atoms. The van der Waals surface area contributed by atoms with E-state index in [1.54, 1.807) is 12.1 Å². The van der Waals surface area contributed by atoms with E-state index >= 15 is 0 Å². The van der Waals surface area contributed by atoms with Crippen LogP contribution in [0.5, 0.6) is 0 Å². The van der Waals surface area contributed by atoms with Gasteiger partial charge in [-0.3, -0.25) is 9.69 Å². The highest BCUT2D eigenvalue weighted by atomic mass is 35.5. The molecule has 24 heavy (non-hydrogen) atoms. The van der Waals surface area contributed by atoms with Crippen LogP contribution in [0.25, 0.3) is 0 Å². The van der Waals surface area contributed by atoms with Gasteiger partial charge in [-0.1, -0.05) is 29.3 Å². The second-order valence-electron chi connectivity index (χ2n) is 7.24. The molecule has 0 spiro atoms. The largest absolute Gasteiger partial charge is 0.375 e. The van der Waals surface area contributed by atoms with E-state index in [1.807, 2.05) is 6.07 Å². The predicted octanol–water partition coefficient (Wildman–Crippen LogP) is 2.90. The molecule has 130 valence electrons. The Kier molecular flexibility index (Phi) is 4.74. The van der Waals surface area contributed by atoms with Crippen LogP contribution in [0.4, 0.5) is 0 Å². The molecule has 2 heterocycles. The molecule has 1 aromatic rings. The normalized spacial score (nSPS) is 30.2. The van der Waals surface area contributed by atoms with Crippen LogP contribution < -0.4 is 5.32 Å². The van der Waals surface area contributed by atoms with Gasteiger partial charge in [0.1, 0.15) is 0 Å². The molecular weight excluding hydrogens is 347 g/mol. The van der Waals surface area contributed by atoms with E-state index in [-0.39, 0.29) is 11.9 Å². The number of benzene rings is 1. The van der Waals surface area contributed by atoms with Crippen molar-refractivity contribution in [3.63, 3.8) is 0 Å². The van der Waals surface area contributed by atoms with Gasteiger partial charge in [-0.15, -0.1) is 0 Å². The number of amides is 1. The highest BCUT2D eigenvalue weighted by molar-refractivity contribution is 6.42. The van der Waals surface area contributed by atoms with Crippen LogP contribution in [0, 0.1) is 5.92 Å². The summed E-state index contributed by atoms with van der Waals surface area (Å²) in [5, 5.41) is 4.17. The van der Waals surface area contributed by atoms with Crippen molar-refractivity contribution < 1.29 is 9.53 Å². The number of carbonyl (C=O) groups is 1. The van der Waals surface area contributed by atoms with Gasteiger partial charge in [0, 0.05) is 25.2 Å². The van der Waals surface area contributed by atoms with Crippen molar-refractivity contribution in [2.45, 2.75) is 43.9 Å². The fourth-order valence-electron chi connectivity index (χ4n) is 3.87. The first-order valence-corrected chi connectivity index (χ1v) is 9.43. The van der Waals surface area contributed by atoms with Crippen LogP contribution in [0.2, 0.25) is 10.0 Å². The van der Waals surface area contributed by atoms with E-state index in [2.05, 4.69) is 10.2 Å². The lowest BCUT2D eigenvalue weighted by Gasteiger charge is -2.35. The standard InChI is InChI=1S/C18H22Cl2N2O2/c19-15-4-1-11(5-16(15)20)6-18(23)21-13-7-14-10-24-17(12-2-3-12)9-22(14)8-13/h1,4-5,12-14,17H,2-3,6-10H2,(H,21,23)/t13-,14-,17-/m0/s1. The van der Waals surface area contributed by atoms with Crippen LogP contribution in [0.1, 0.15) is 24.8 Å². The molecule has 1 aliphatic carbocycles. The van der Waals surface area contributed by atoms with Gasteiger partial charge in [-0.25, -0.2) is 0 Å². The average Bonchev–Trinajstić information content (AvgIpc) is 3.31. The molecule has 4 nitrogen and oxygen atoms in total. The van der Waals surface area contributed by atoms with E-state index in [9.17, 15) is 4.79 Å². The van der Waals surface area contributed by atoms with Crippen molar-refractivity contribution in [3.8, 4) is 0 Å². The fraction of sp³-hybridized carbons (Fsp3) is 0.611. The maximum absolute atomic E-state index is 12.3. The first-order valence-electron chi connectivity index (χ1n) is 8.67. The SMILES string of the molecule is O=C(Cc1ccc(Cl)c(Cl)c1)N[C@H]1C[C@H]2CO[C@H](C3CC3)CN2C1. The van der Waals surface area contributed by atoms with Gasteiger partial charge in [0.25, 0.3) is 0 Å². The van der Waals surface area contributed by atoms with Crippen LogP contribution >= 0.6 is 23.2 Å². The summed E-state index contributed by atoms with van der Waals surface area (Å²) in [5.74, 6) is 0.812. The Labute approximate surface area is 152 Å². The molecule has 1 amide bonds. The number of carbonyl (C=O) groups excluding carboxylic acids is 1. The molecule has 6 heteroatoms. The van der Waals surface area contributed by atoms with Gasteiger partial charge in [0.05, 0.1) is 29.2 Å². The number of rotatable bonds is 4. The molecule has 4 rings (SSSR count). The van der Waals surface area contributed by atoms with Crippen LogP contribution in [0.3, 0.4) is 0 Å². The summed E-state index contributed by atoms with van der Waals surface area (Å²) in [6, 6.07) is 6.01. The maximum atomic E-state index is 12.3. The minimum Gasteiger partial charge on any atom is -0.375 e. The zero-order valence-electron chi connectivity index (χ0n) is 13.5. The summed E-state index contributed by atoms with van der Waals surface area (Å²) in [6.07, 6.45) is 4.34. The zero-order valence-corrected chi connectivity index (χ0v) is 15.0. The van der Waals surface area contributed by atoms with Gasteiger partial charge in [-0.05, 0) is 42.9 Å². The predicted molar refractivity (Wildman–Crippen MR) is 94.5 cm³/mol. The van der Waals surface area contributed by atoms with E-state index in [1.165, 1.54) is 12.8 Å². The molecule has 2 aliphatic heterocycles. The van der Waals surface area contributed by atoms with Gasteiger partial charge in [-0.2, -0.15) is 0 Å². The Morgan fingerprint density at radius 2 is 2.08 bits per heavy atom. The lowest BCUT2D eigenvalue weighted by atomic mass is 10.1. The van der Waals surface area contributed by atoms with Gasteiger partial charge in [0.2, 0.25) is 5.91 Å². The number of halogens is 2. The number of hydrogen-bond donors (Lipinski definition) is 1. The molecule has 1 saturated carbocycles. The fourth-order valence-corrected chi connectivity index (χ4v) is 4.19. The van der Waals surface area contributed by atoms with Gasteiger partial charge >= 0.3 is 0 Å². The third-order valence-electron chi connectivity index (χ3n) is 5.31. The summed E-state index contributed by atoms with van der Waals surface area (Å²) in [5.41, 5.74) is 0.884. The quantitative estimate of drug-likeness (QED) is 0.888. The van der Waals surface area contributed by atoms with Crippen LogP contribution in [-0.4, -0.2) is 48.7 Å². The summed E-state index contributed by atoms with van der Waals surface area (Å²) in [4.78, 5) is 14.8. The Hall–Kier alpha value is -0.810. The molecule has 0 radical (unpaired) electrons. The lowest BCUT2D eigenvalue weighted by molar-refractivity contribution is -0.121. The van der Waals surface area contributed by atoms with Crippen molar-refractivity contribution in [2.75, 3.05) is 19.7 Å². The first-order chi connectivity index (χ1) is 11.6. The van der Waals surface area contributed by atoms with Crippen molar-refractivity contribution in [1.82, 2.24) is 10.2 Å².